The zero-order valence-corrected chi connectivity index (χ0v) is 15.3. The molecule has 2 aromatic rings. The Morgan fingerprint density at radius 3 is 2.77 bits per heavy atom. The van der Waals surface area contributed by atoms with Gasteiger partial charge in [0.15, 0.2) is 5.78 Å². The molecule has 1 aromatic carbocycles. The van der Waals surface area contributed by atoms with E-state index in [4.69, 9.17) is 4.74 Å². The van der Waals surface area contributed by atoms with Gasteiger partial charge in [-0.3, -0.25) is 14.4 Å². The lowest BCUT2D eigenvalue weighted by atomic mass is 10.2. The minimum absolute atomic E-state index is 0.0318. The molecule has 1 N–H and O–H groups in total. The summed E-state index contributed by atoms with van der Waals surface area (Å²) in [5.74, 6) is 0.345. The van der Waals surface area contributed by atoms with Crippen molar-refractivity contribution in [2.75, 3.05) is 23.9 Å². The van der Waals surface area contributed by atoms with E-state index in [2.05, 4.69) is 5.32 Å². The first-order valence-corrected chi connectivity index (χ1v) is 9.31. The highest BCUT2D eigenvalue weighted by atomic mass is 32.1. The molecule has 0 bridgehead atoms. The Bertz CT molecular complexity index is 817. The van der Waals surface area contributed by atoms with Crippen LogP contribution < -0.4 is 15.0 Å². The number of ketones is 1. The van der Waals surface area contributed by atoms with Crippen molar-refractivity contribution in [3.05, 3.63) is 40.6 Å². The summed E-state index contributed by atoms with van der Waals surface area (Å²) in [6, 6.07) is 8.78. The molecule has 0 atom stereocenters. The van der Waals surface area contributed by atoms with Crippen molar-refractivity contribution in [1.82, 2.24) is 0 Å². The van der Waals surface area contributed by atoms with Crippen molar-refractivity contribution in [2.24, 2.45) is 0 Å². The van der Waals surface area contributed by atoms with E-state index in [1.54, 1.807) is 29.2 Å². The summed E-state index contributed by atoms with van der Waals surface area (Å²) < 4.78 is 5.38. The third kappa shape index (κ3) is 4.11. The third-order valence-corrected chi connectivity index (χ3v) is 5.11. The van der Waals surface area contributed by atoms with E-state index < -0.39 is 0 Å². The number of amides is 2. The quantitative estimate of drug-likeness (QED) is 0.755. The van der Waals surface area contributed by atoms with Crippen molar-refractivity contribution in [3.8, 4) is 5.75 Å². The van der Waals surface area contributed by atoms with Gasteiger partial charge in [0.2, 0.25) is 11.8 Å². The van der Waals surface area contributed by atoms with Crippen LogP contribution in [0.25, 0.3) is 0 Å². The van der Waals surface area contributed by atoms with E-state index in [9.17, 15) is 14.4 Å². The van der Waals surface area contributed by atoms with Gasteiger partial charge in [0.25, 0.3) is 0 Å². The average molecular weight is 372 g/mol. The van der Waals surface area contributed by atoms with Crippen LogP contribution in [0.4, 0.5) is 11.4 Å². The molecule has 136 valence electrons. The highest BCUT2D eigenvalue weighted by molar-refractivity contribution is 7.12. The number of ether oxygens (including phenoxy) is 1. The second-order valence-corrected chi connectivity index (χ2v) is 6.93. The van der Waals surface area contributed by atoms with Gasteiger partial charge in [-0.05, 0) is 30.0 Å². The summed E-state index contributed by atoms with van der Waals surface area (Å²) in [4.78, 5) is 38.4. The SMILES string of the molecule is COc1cc(NC(=O)CCC(=O)c2cccs2)ccc1N1CCCC1=O. The lowest BCUT2D eigenvalue weighted by Gasteiger charge is -2.19. The molecule has 0 spiro atoms. The number of nitrogens with one attached hydrogen (secondary N) is 1. The van der Waals surface area contributed by atoms with E-state index in [0.717, 1.165) is 6.42 Å². The van der Waals surface area contributed by atoms with Gasteiger partial charge in [0.05, 0.1) is 17.7 Å². The molecule has 1 aliphatic heterocycles. The van der Waals surface area contributed by atoms with Crippen LogP contribution in [0, 0.1) is 0 Å². The highest BCUT2D eigenvalue weighted by Crippen LogP contribution is 2.33. The van der Waals surface area contributed by atoms with E-state index in [1.807, 2.05) is 11.4 Å². The van der Waals surface area contributed by atoms with E-state index in [1.165, 1.54) is 18.4 Å². The monoisotopic (exact) mass is 372 g/mol. The zero-order chi connectivity index (χ0) is 18.5. The first-order chi connectivity index (χ1) is 12.6. The number of Topliss-reactive ketones (excluding diaryl/α,β-unsaturated/α-hetero) is 1. The van der Waals surface area contributed by atoms with Crippen LogP contribution >= 0.6 is 11.3 Å². The smallest absolute Gasteiger partial charge is 0.227 e. The zero-order valence-electron chi connectivity index (χ0n) is 14.5. The molecule has 0 radical (unpaired) electrons. The van der Waals surface area contributed by atoms with Crippen LogP contribution in [-0.2, 0) is 9.59 Å². The number of carbonyl (C=O) groups excluding carboxylic acids is 3. The fourth-order valence-electron chi connectivity index (χ4n) is 2.89. The highest BCUT2D eigenvalue weighted by Gasteiger charge is 2.24. The molecule has 6 nitrogen and oxygen atoms in total. The molecular weight excluding hydrogens is 352 g/mol. The van der Waals surface area contributed by atoms with Crippen LogP contribution in [0.3, 0.4) is 0 Å². The maximum absolute atomic E-state index is 12.1. The first-order valence-electron chi connectivity index (χ1n) is 8.43. The molecule has 7 heteroatoms. The van der Waals surface area contributed by atoms with Crippen LogP contribution in [0.5, 0.6) is 5.75 Å². The molecule has 0 saturated carbocycles. The molecule has 2 amide bonds. The Balaban J connectivity index is 1.61. The van der Waals surface area contributed by atoms with Gasteiger partial charge in [-0.25, -0.2) is 0 Å². The molecule has 2 heterocycles. The fourth-order valence-corrected chi connectivity index (χ4v) is 3.59. The molecule has 1 aromatic heterocycles. The number of nitrogens with zero attached hydrogens (tertiary/aromatic N) is 1. The van der Waals surface area contributed by atoms with Gasteiger partial charge < -0.3 is 15.0 Å². The predicted molar refractivity (Wildman–Crippen MR) is 101 cm³/mol. The number of thiophene rings is 1. The summed E-state index contributed by atoms with van der Waals surface area (Å²) in [7, 11) is 1.53. The number of benzene rings is 1. The van der Waals surface area contributed by atoms with E-state index >= 15 is 0 Å². The summed E-state index contributed by atoms with van der Waals surface area (Å²) >= 11 is 1.38. The summed E-state index contributed by atoms with van der Waals surface area (Å²) in [6.07, 6.45) is 1.66. The Hall–Kier alpha value is -2.67. The lowest BCUT2D eigenvalue weighted by molar-refractivity contribution is -0.117. The van der Waals surface area contributed by atoms with Crippen LogP contribution in [0.1, 0.15) is 35.4 Å². The average Bonchev–Trinajstić information content (AvgIpc) is 3.31. The molecule has 1 fully saturated rings. The lowest BCUT2D eigenvalue weighted by Crippen LogP contribution is -2.24. The Kier molecular flexibility index (Phi) is 5.68. The predicted octanol–water partition coefficient (Wildman–Crippen LogP) is 3.49. The number of carbonyl (C=O) groups is 3. The second kappa shape index (κ2) is 8.14. The Morgan fingerprint density at radius 2 is 2.12 bits per heavy atom. The van der Waals surface area contributed by atoms with E-state index in [-0.39, 0.29) is 30.4 Å². The van der Waals surface area contributed by atoms with Crippen LogP contribution in [0.15, 0.2) is 35.7 Å². The summed E-state index contributed by atoms with van der Waals surface area (Å²) in [6.45, 7) is 0.672. The van der Waals surface area contributed by atoms with Crippen molar-refractivity contribution in [3.63, 3.8) is 0 Å². The molecule has 1 saturated heterocycles. The topological polar surface area (TPSA) is 75.7 Å². The largest absolute Gasteiger partial charge is 0.494 e. The fraction of sp³-hybridized carbons (Fsp3) is 0.316. The number of anilines is 2. The van der Waals surface area contributed by atoms with Gasteiger partial charge in [-0.1, -0.05) is 6.07 Å². The minimum atomic E-state index is -0.234. The molecule has 3 rings (SSSR count). The standard InChI is InChI=1S/C19H20N2O4S/c1-25-16-12-13(6-7-14(16)21-10-2-5-19(21)24)20-18(23)9-8-15(22)17-4-3-11-26-17/h3-4,6-7,11-12H,2,5,8-10H2,1H3,(H,20,23). The second-order valence-electron chi connectivity index (χ2n) is 5.98. The van der Waals surface area contributed by atoms with Gasteiger partial charge in [-0.15, -0.1) is 11.3 Å². The van der Waals surface area contributed by atoms with E-state index in [0.29, 0.717) is 35.0 Å². The third-order valence-electron chi connectivity index (χ3n) is 4.20. The summed E-state index contributed by atoms with van der Waals surface area (Å²) in [5.41, 5.74) is 1.28. The number of hydrogen-bond acceptors (Lipinski definition) is 5. The van der Waals surface area contributed by atoms with Crippen molar-refractivity contribution >= 4 is 40.3 Å². The van der Waals surface area contributed by atoms with Gasteiger partial charge >= 0.3 is 0 Å². The molecule has 1 aliphatic rings. The van der Waals surface area contributed by atoms with Gasteiger partial charge in [-0.2, -0.15) is 0 Å². The van der Waals surface area contributed by atoms with Crippen LogP contribution in [-0.4, -0.2) is 31.3 Å². The Morgan fingerprint density at radius 1 is 1.27 bits per heavy atom. The maximum atomic E-state index is 12.1. The Labute approximate surface area is 155 Å². The van der Waals surface area contributed by atoms with Crippen molar-refractivity contribution in [1.29, 1.82) is 0 Å². The number of methoxy groups -OCH3 is 1. The van der Waals surface area contributed by atoms with Crippen LogP contribution in [0.2, 0.25) is 0 Å². The maximum Gasteiger partial charge on any atom is 0.227 e. The molecule has 0 unspecified atom stereocenters. The normalized spacial score (nSPS) is 13.7. The number of rotatable bonds is 7. The van der Waals surface area contributed by atoms with Crippen molar-refractivity contribution in [2.45, 2.75) is 25.7 Å². The molecule has 26 heavy (non-hydrogen) atoms. The number of hydrogen-bond donors (Lipinski definition) is 1. The van der Waals surface area contributed by atoms with Gasteiger partial charge in [0, 0.05) is 37.6 Å². The molecular formula is C19H20N2O4S. The minimum Gasteiger partial charge on any atom is -0.494 e. The first kappa shape index (κ1) is 18.1. The van der Waals surface area contributed by atoms with Gasteiger partial charge in [0.1, 0.15) is 5.75 Å². The molecule has 0 aliphatic carbocycles. The summed E-state index contributed by atoms with van der Waals surface area (Å²) in [5, 5.41) is 4.61. The van der Waals surface area contributed by atoms with Crippen molar-refractivity contribution < 1.29 is 19.1 Å².